The highest BCUT2D eigenvalue weighted by atomic mass is 15.4. The molecule has 8 heteroatoms. The molecule has 8 nitrogen and oxygen atoms in total. The second-order valence-corrected chi connectivity index (χ2v) is 3.46. The van der Waals surface area contributed by atoms with Gasteiger partial charge in [-0.1, -0.05) is 0 Å². The number of rotatable bonds is 3. The molecule has 0 amide bonds. The van der Waals surface area contributed by atoms with E-state index < -0.39 is 0 Å². The van der Waals surface area contributed by atoms with Crippen LogP contribution in [0.25, 0.3) is 17.5 Å². The lowest BCUT2D eigenvalue weighted by atomic mass is 10.4. The van der Waals surface area contributed by atoms with Crippen molar-refractivity contribution in [1.29, 1.82) is 0 Å². The van der Waals surface area contributed by atoms with Crippen molar-refractivity contribution in [3.63, 3.8) is 0 Å². The molecule has 3 rings (SSSR count). The van der Waals surface area contributed by atoms with Crippen molar-refractivity contribution in [2.75, 3.05) is 12.4 Å². The fraction of sp³-hybridized carbons (Fsp3) is 0.100. The summed E-state index contributed by atoms with van der Waals surface area (Å²) >= 11 is 0. The van der Waals surface area contributed by atoms with Gasteiger partial charge in [0, 0.05) is 13.2 Å². The van der Waals surface area contributed by atoms with Gasteiger partial charge in [-0.15, -0.1) is 0 Å². The minimum atomic E-state index is 0.413. The van der Waals surface area contributed by atoms with Crippen LogP contribution >= 0.6 is 0 Å². The van der Waals surface area contributed by atoms with Gasteiger partial charge < -0.3 is 10.3 Å². The lowest BCUT2D eigenvalue weighted by molar-refractivity contribution is 0.797. The smallest absolute Gasteiger partial charge is 0.257 e. The predicted molar refractivity (Wildman–Crippen MR) is 64.1 cm³/mol. The number of hydrogen-bond acceptors (Lipinski definition) is 6. The van der Waals surface area contributed by atoms with Crippen molar-refractivity contribution >= 4 is 5.95 Å². The van der Waals surface area contributed by atoms with E-state index in [1.165, 1.54) is 17.3 Å². The summed E-state index contributed by atoms with van der Waals surface area (Å²) in [5, 5.41) is 6.89. The number of hydrogen-bond donors (Lipinski definition) is 2. The number of aromatic nitrogens is 7. The number of nitrogens with one attached hydrogen (secondary N) is 2. The van der Waals surface area contributed by atoms with E-state index in [2.05, 4.69) is 35.3 Å². The van der Waals surface area contributed by atoms with Gasteiger partial charge in [0.15, 0.2) is 5.82 Å². The zero-order valence-corrected chi connectivity index (χ0v) is 9.57. The van der Waals surface area contributed by atoms with E-state index in [0.717, 1.165) is 5.69 Å². The Morgan fingerprint density at radius 3 is 2.89 bits per heavy atom. The summed E-state index contributed by atoms with van der Waals surface area (Å²) in [4.78, 5) is 19.8. The standard InChI is InChI=1S/C10H10N8/c1-11-9-15-8(7-3-2-4-13-7)16-10(17-9)18-6-12-5-14-18/h2-6,13H,1H3,(H,11,15,16,17). The highest BCUT2D eigenvalue weighted by Gasteiger charge is 2.09. The Bertz CT molecular complexity index is 575. The molecule has 0 unspecified atom stereocenters. The minimum absolute atomic E-state index is 0.413. The van der Waals surface area contributed by atoms with E-state index in [9.17, 15) is 0 Å². The van der Waals surface area contributed by atoms with Crippen LogP contribution in [0, 0.1) is 0 Å². The van der Waals surface area contributed by atoms with Crippen LogP contribution < -0.4 is 5.32 Å². The highest BCUT2D eigenvalue weighted by Crippen LogP contribution is 2.14. The zero-order chi connectivity index (χ0) is 12.4. The third-order valence-electron chi connectivity index (χ3n) is 2.31. The van der Waals surface area contributed by atoms with Crippen molar-refractivity contribution in [1.82, 2.24) is 34.7 Å². The van der Waals surface area contributed by atoms with Crippen LogP contribution in [-0.2, 0) is 0 Å². The maximum Gasteiger partial charge on any atom is 0.257 e. The second-order valence-electron chi connectivity index (χ2n) is 3.46. The Morgan fingerprint density at radius 1 is 1.28 bits per heavy atom. The van der Waals surface area contributed by atoms with Gasteiger partial charge in [-0.2, -0.15) is 24.7 Å². The molecule has 18 heavy (non-hydrogen) atoms. The van der Waals surface area contributed by atoms with Gasteiger partial charge in [0.05, 0.1) is 5.69 Å². The van der Waals surface area contributed by atoms with Crippen molar-refractivity contribution < 1.29 is 0 Å². The average molecular weight is 242 g/mol. The van der Waals surface area contributed by atoms with Gasteiger partial charge in [-0.3, -0.25) is 0 Å². The third kappa shape index (κ3) is 1.79. The molecule has 0 aromatic carbocycles. The summed E-state index contributed by atoms with van der Waals surface area (Å²) < 4.78 is 1.48. The van der Waals surface area contributed by atoms with E-state index in [1.54, 1.807) is 7.05 Å². The average Bonchev–Trinajstić information content (AvgIpc) is 3.10. The molecule has 3 heterocycles. The van der Waals surface area contributed by atoms with Crippen molar-refractivity contribution in [3.05, 3.63) is 31.0 Å². The Kier molecular flexibility index (Phi) is 2.45. The highest BCUT2D eigenvalue weighted by molar-refractivity contribution is 5.51. The van der Waals surface area contributed by atoms with Gasteiger partial charge in [0.1, 0.15) is 12.7 Å². The zero-order valence-electron chi connectivity index (χ0n) is 9.57. The first-order valence-corrected chi connectivity index (χ1v) is 5.29. The number of H-pyrrole nitrogens is 1. The second kappa shape index (κ2) is 4.24. The molecule has 0 spiro atoms. The summed E-state index contributed by atoms with van der Waals surface area (Å²) in [7, 11) is 1.75. The Labute approximate surface area is 102 Å². The largest absolute Gasteiger partial charge is 0.359 e. The molecule has 3 aromatic rings. The van der Waals surface area contributed by atoms with Crippen molar-refractivity contribution in [3.8, 4) is 17.5 Å². The van der Waals surface area contributed by atoms with Crippen molar-refractivity contribution in [2.24, 2.45) is 0 Å². The SMILES string of the molecule is CNc1nc(-c2ccc[nH]2)nc(-n2cncn2)n1. The quantitative estimate of drug-likeness (QED) is 0.693. The van der Waals surface area contributed by atoms with Gasteiger partial charge >= 0.3 is 0 Å². The Hall–Kier alpha value is -2.77. The monoisotopic (exact) mass is 242 g/mol. The summed E-state index contributed by atoms with van der Waals surface area (Å²) in [6.45, 7) is 0. The molecule has 0 aliphatic rings. The van der Waals surface area contributed by atoms with E-state index in [1.807, 2.05) is 18.3 Å². The van der Waals surface area contributed by atoms with Crippen LogP contribution in [-0.4, -0.2) is 41.7 Å². The molecule has 0 atom stereocenters. The summed E-state index contributed by atoms with van der Waals surface area (Å²) in [6.07, 6.45) is 4.78. The van der Waals surface area contributed by atoms with Crippen LogP contribution in [0.4, 0.5) is 5.95 Å². The first-order chi connectivity index (χ1) is 8.86. The van der Waals surface area contributed by atoms with Crippen LogP contribution in [0.3, 0.4) is 0 Å². The van der Waals surface area contributed by atoms with E-state index in [0.29, 0.717) is 17.7 Å². The molecular formula is C10H10N8. The molecule has 0 saturated carbocycles. The lowest BCUT2D eigenvalue weighted by Crippen LogP contribution is -2.08. The molecular weight excluding hydrogens is 232 g/mol. The number of aromatic amines is 1. The fourth-order valence-corrected chi connectivity index (χ4v) is 1.48. The summed E-state index contributed by atoms with van der Waals surface area (Å²) in [5.74, 6) is 1.43. The van der Waals surface area contributed by atoms with E-state index in [4.69, 9.17) is 0 Å². The predicted octanol–water partition coefficient (Wildman–Crippen LogP) is 0.489. The topological polar surface area (TPSA) is 97.2 Å². The first kappa shape index (κ1) is 10.4. The minimum Gasteiger partial charge on any atom is -0.359 e. The molecule has 3 aromatic heterocycles. The Morgan fingerprint density at radius 2 is 2.22 bits per heavy atom. The van der Waals surface area contributed by atoms with Crippen LogP contribution in [0.1, 0.15) is 0 Å². The molecule has 90 valence electrons. The van der Waals surface area contributed by atoms with E-state index >= 15 is 0 Å². The maximum absolute atomic E-state index is 4.33. The number of anilines is 1. The van der Waals surface area contributed by atoms with Crippen LogP contribution in [0.15, 0.2) is 31.0 Å². The van der Waals surface area contributed by atoms with E-state index in [-0.39, 0.29) is 0 Å². The third-order valence-corrected chi connectivity index (χ3v) is 2.31. The van der Waals surface area contributed by atoms with Gasteiger partial charge in [0.25, 0.3) is 5.95 Å². The Balaban J connectivity index is 2.13. The molecule has 0 bridgehead atoms. The van der Waals surface area contributed by atoms with Crippen LogP contribution in [0.5, 0.6) is 0 Å². The van der Waals surface area contributed by atoms with Crippen LogP contribution in [0.2, 0.25) is 0 Å². The molecule has 0 aliphatic carbocycles. The first-order valence-electron chi connectivity index (χ1n) is 5.29. The fourth-order valence-electron chi connectivity index (χ4n) is 1.48. The maximum atomic E-state index is 4.33. The van der Waals surface area contributed by atoms with Gasteiger partial charge in [0.2, 0.25) is 5.95 Å². The lowest BCUT2D eigenvalue weighted by Gasteiger charge is -2.04. The normalized spacial score (nSPS) is 10.5. The number of nitrogens with zero attached hydrogens (tertiary/aromatic N) is 6. The molecule has 0 saturated heterocycles. The molecule has 0 aliphatic heterocycles. The van der Waals surface area contributed by atoms with Gasteiger partial charge in [-0.25, -0.2) is 4.98 Å². The summed E-state index contributed by atoms with van der Waals surface area (Å²) in [5.41, 5.74) is 0.815. The van der Waals surface area contributed by atoms with Crippen molar-refractivity contribution in [2.45, 2.75) is 0 Å². The van der Waals surface area contributed by atoms with Gasteiger partial charge in [-0.05, 0) is 12.1 Å². The molecule has 0 radical (unpaired) electrons. The molecule has 2 N–H and O–H groups in total. The molecule has 0 fully saturated rings. The summed E-state index contributed by atoms with van der Waals surface area (Å²) in [6, 6.07) is 3.77.